The van der Waals surface area contributed by atoms with Crippen LogP contribution in [0, 0.1) is 5.92 Å². The van der Waals surface area contributed by atoms with Gasteiger partial charge >= 0.3 is 5.97 Å². The summed E-state index contributed by atoms with van der Waals surface area (Å²) in [4.78, 5) is 24.5. The first-order chi connectivity index (χ1) is 9.06. The SMILES string of the molecule is O=C(O)C1CCCN(C(=O)/C=C/c2csc(Br)c2)C1. The van der Waals surface area contributed by atoms with Gasteiger partial charge in [0.2, 0.25) is 5.91 Å². The highest BCUT2D eigenvalue weighted by molar-refractivity contribution is 9.11. The predicted octanol–water partition coefficient (Wildman–Crippen LogP) is 2.85. The van der Waals surface area contributed by atoms with Crippen LogP contribution < -0.4 is 0 Å². The van der Waals surface area contributed by atoms with Crippen molar-refractivity contribution in [1.82, 2.24) is 4.90 Å². The number of hydrogen-bond acceptors (Lipinski definition) is 3. The second-order valence-electron chi connectivity index (χ2n) is 4.48. The minimum absolute atomic E-state index is 0.117. The van der Waals surface area contributed by atoms with E-state index in [2.05, 4.69) is 15.9 Å². The van der Waals surface area contributed by atoms with Crippen LogP contribution in [0.25, 0.3) is 6.08 Å². The largest absolute Gasteiger partial charge is 0.481 e. The summed E-state index contributed by atoms with van der Waals surface area (Å²) in [5.74, 6) is -1.36. The molecule has 0 aromatic carbocycles. The maximum Gasteiger partial charge on any atom is 0.308 e. The molecule has 2 rings (SSSR count). The van der Waals surface area contributed by atoms with Crippen LogP contribution in [0.4, 0.5) is 0 Å². The lowest BCUT2D eigenvalue weighted by atomic mass is 9.98. The molecule has 1 atom stereocenters. The number of thiophene rings is 1. The fraction of sp³-hybridized carbons (Fsp3) is 0.385. The second kappa shape index (κ2) is 6.34. The molecule has 1 N–H and O–H groups in total. The average Bonchev–Trinajstić information content (AvgIpc) is 2.82. The minimum Gasteiger partial charge on any atom is -0.481 e. The molecule has 1 saturated heterocycles. The van der Waals surface area contributed by atoms with Gasteiger partial charge in [-0.25, -0.2) is 0 Å². The minimum atomic E-state index is -0.816. The van der Waals surface area contributed by atoms with E-state index in [-0.39, 0.29) is 5.91 Å². The van der Waals surface area contributed by atoms with E-state index in [9.17, 15) is 9.59 Å². The van der Waals surface area contributed by atoms with Crippen molar-refractivity contribution >= 4 is 45.2 Å². The van der Waals surface area contributed by atoms with Crippen LogP contribution in [0.5, 0.6) is 0 Å². The molecule has 0 bridgehead atoms. The molecular formula is C13H14BrNO3S. The summed E-state index contributed by atoms with van der Waals surface area (Å²) in [5, 5.41) is 10.9. The highest BCUT2D eigenvalue weighted by atomic mass is 79.9. The predicted molar refractivity (Wildman–Crippen MR) is 78.0 cm³/mol. The van der Waals surface area contributed by atoms with E-state index < -0.39 is 11.9 Å². The Kier molecular flexibility index (Phi) is 4.76. The van der Waals surface area contributed by atoms with Gasteiger partial charge in [0, 0.05) is 19.2 Å². The summed E-state index contributed by atoms with van der Waals surface area (Å²) in [7, 11) is 0. The number of piperidine rings is 1. The van der Waals surface area contributed by atoms with Gasteiger partial charge in [-0.3, -0.25) is 9.59 Å². The molecule has 2 heterocycles. The lowest BCUT2D eigenvalue weighted by Gasteiger charge is -2.29. The Morgan fingerprint density at radius 2 is 2.32 bits per heavy atom. The van der Waals surface area contributed by atoms with Gasteiger partial charge < -0.3 is 10.0 Å². The zero-order valence-electron chi connectivity index (χ0n) is 10.2. The van der Waals surface area contributed by atoms with Gasteiger partial charge in [0.25, 0.3) is 0 Å². The van der Waals surface area contributed by atoms with Crippen molar-refractivity contribution in [3.8, 4) is 0 Å². The monoisotopic (exact) mass is 343 g/mol. The zero-order chi connectivity index (χ0) is 13.8. The zero-order valence-corrected chi connectivity index (χ0v) is 12.6. The summed E-state index contributed by atoms with van der Waals surface area (Å²) in [6.07, 6.45) is 4.67. The highest BCUT2D eigenvalue weighted by Gasteiger charge is 2.26. The van der Waals surface area contributed by atoms with Crippen molar-refractivity contribution in [1.29, 1.82) is 0 Å². The summed E-state index contributed by atoms with van der Waals surface area (Å²) < 4.78 is 1.02. The molecule has 1 aliphatic heterocycles. The molecule has 0 spiro atoms. The van der Waals surface area contributed by atoms with Gasteiger partial charge in [0.15, 0.2) is 0 Å². The molecule has 0 radical (unpaired) electrons. The third kappa shape index (κ3) is 3.91. The van der Waals surface area contributed by atoms with Crippen molar-refractivity contribution in [3.63, 3.8) is 0 Å². The maximum absolute atomic E-state index is 12.0. The van der Waals surface area contributed by atoms with E-state index in [1.807, 2.05) is 11.4 Å². The highest BCUT2D eigenvalue weighted by Crippen LogP contribution is 2.22. The van der Waals surface area contributed by atoms with Crippen LogP contribution in [0.1, 0.15) is 18.4 Å². The number of hydrogen-bond donors (Lipinski definition) is 1. The van der Waals surface area contributed by atoms with Gasteiger partial charge in [-0.15, -0.1) is 11.3 Å². The number of carboxylic acids is 1. The van der Waals surface area contributed by atoms with E-state index in [0.717, 1.165) is 15.8 Å². The summed E-state index contributed by atoms with van der Waals surface area (Å²) >= 11 is 4.92. The van der Waals surface area contributed by atoms with E-state index in [4.69, 9.17) is 5.11 Å². The topological polar surface area (TPSA) is 57.6 Å². The fourth-order valence-corrected chi connectivity index (χ4v) is 3.21. The first-order valence-corrected chi connectivity index (χ1v) is 7.67. The maximum atomic E-state index is 12.0. The summed E-state index contributed by atoms with van der Waals surface area (Å²) in [6, 6.07) is 1.94. The number of amides is 1. The van der Waals surface area contributed by atoms with Crippen LogP contribution in [0.3, 0.4) is 0 Å². The van der Waals surface area contributed by atoms with Crippen molar-refractivity contribution in [3.05, 3.63) is 26.9 Å². The molecule has 0 saturated carbocycles. The average molecular weight is 344 g/mol. The number of halogens is 1. The molecule has 19 heavy (non-hydrogen) atoms. The van der Waals surface area contributed by atoms with Crippen molar-refractivity contribution in [2.24, 2.45) is 5.92 Å². The third-order valence-electron chi connectivity index (χ3n) is 3.09. The first-order valence-electron chi connectivity index (χ1n) is 6.00. The van der Waals surface area contributed by atoms with Crippen molar-refractivity contribution < 1.29 is 14.7 Å². The second-order valence-corrected chi connectivity index (χ2v) is 6.77. The van der Waals surface area contributed by atoms with E-state index in [1.165, 1.54) is 6.08 Å². The molecule has 1 amide bonds. The van der Waals surface area contributed by atoms with E-state index in [1.54, 1.807) is 22.3 Å². The number of likely N-dealkylation sites (tertiary alicyclic amines) is 1. The van der Waals surface area contributed by atoms with Crippen LogP contribution in [-0.4, -0.2) is 35.0 Å². The number of carbonyl (C=O) groups excluding carboxylic acids is 1. The third-order valence-corrected chi connectivity index (χ3v) is 4.61. The molecule has 1 unspecified atom stereocenters. The molecule has 1 aromatic heterocycles. The van der Waals surface area contributed by atoms with Crippen molar-refractivity contribution in [2.75, 3.05) is 13.1 Å². The van der Waals surface area contributed by atoms with Gasteiger partial charge in [0.05, 0.1) is 9.70 Å². The number of carbonyl (C=O) groups is 2. The number of carboxylic acid groups (broad SMARTS) is 1. The first kappa shape index (κ1) is 14.3. The Morgan fingerprint density at radius 1 is 1.53 bits per heavy atom. The lowest BCUT2D eigenvalue weighted by molar-refractivity contribution is -0.144. The summed E-state index contributed by atoms with van der Waals surface area (Å²) in [5.41, 5.74) is 0.969. The summed E-state index contributed by atoms with van der Waals surface area (Å²) in [6.45, 7) is 0.951. The Bertz CT molecular complexity index is 512. The lowest BCUT2D eigenvalue weighted by Crippen LogP contribution is -2.41. The number of rotatable bonds is 3. The van der Waals surface area contributed by atoms with Gasteiger partial charge in [-0.05, 0) is 51.9 Å². The van der Waals surface area contributed by atoms with Gasteiger partial charge in [-0.1, -0.05) is 0 Å². The molecule has 1 fully saturated rings. The Hall–Kier alpha value is -1.14. The Labute approximate surface area is 123 Å². The van der Waals surface area contributed by atoms with E-state index in [0.29, 0.717) is 19.5 Å². The number of nitrogens with zero attached hydrogens (tertiary/aromatic N) is 1. The van der Waals surface area contributed by atoms with Gasteiger partial charge in [-0.2, -0.15) is 0 Å². The molecule has 4 nitrogen and oxygen atoms in total. The molecule has 1 aromatic rings. The van der Waals surface area contributed by atoms with Crippen LogP contribution in [-0.2, 0) is 9.59 Å². The van der Waals surface area contributed by atoms with Crippen molar-refractivity contribution in [2.45, 2.75) is 12.8 Å². The van der Waals surface area contributed by atoms with Gasteiger partial charge in [0.1, 0.15) is 0 Å². The van der Waals surface area contributed by atoms with Crippen LogP contribution in [0.2, 0.25) is 0 Å². The van der Waals surface area contributed by atoms with E-state index >= 15 is 0 Å². The molecule has 102 valence electrons. The van der Waals surface area contributed by atoms with Crippen LogP contribution in [0.15, 0.2) is 21.3 Å². The molecule has 0 aliphatic carbocycles. The normalized spacial score (nSPS) is 19.8. The Balaban J connectivity index is 1.96. The quantitative estimate of drug-likeness (QED) is 0.858. The Morgan fingerprint density at radius 3 is 2.95 bits per heavy atom. The fourth-order valence-electron chi connectivity index (χ4n) is 2.06. The number of aliphatic carboxylic acids is 1. The molecule has 6 heteroatoms. The smallest absolute Gasteiger partial charge is 0.308 e. The molecule has 1 aliphatic rings. The standard InChI is InChI=1S/C13H14BrNO3S/c14-11-6-9(8-19-11)3-4-12(16)15-5-1-2-10(7-15)13(17)18/h3-4,6,8,10H,1-2,5,7H2,(H,17,18)/b4-3+. The molecular weight excluding hydrogens is 330 g/mol. The van der Waals surface area contributed by atoms with Crippen LogP contribution >= 0.6 is 27.3 Å².